The molecule has 3 unspecified atom stereocenters. The number of hydrogen-bond donors (Lipinski definition) is 0. The van der Waals surface area contributed by atoms with E-state index < -0.39 is 0 Å². The van der Waals surface area contributed by atoms with Gasteiger partial charge in [0.15, 0.2) is 0 Å². The summed E-state index contributed by atoms with van der Waals surface area (Å²) in [5.41, 5.74) is -0.0255. The summed E-state index contributed by atoms with van der Waals surface area (Å²) >= 11 is 0. The summed E-state index contributed by atoms with van der Waals surface area (Å²) in [5, 5.41) is 0. The van der Waals surface area contributed by atoms with Crippen molar-refractivity contribution < 1.29 is 9.53 Å². The van der Waals surface area contributed by atoms with E-state index in [0.717, 1.165) is 24.7 Å². The van der Waals surface area contributed by atoms with Crippen LogP contribution in [0.2, 0.25) is 0 Å². The van der Waals surface area contributed by atoms with Gasteiger partial charge in [-0.3, -0.25) is 4.79 Å². The lowest BCUT2D eigenvalue weighted by atomic mass is 9.68. The largest absolute Gasteiger partial charge is 0.465 e. The topological polar surface area (TPSA) is 26.3 Å². The van der Waals surface area contributed by atoms with Gasteiger partial charge < -0.3 is 4.74 Å². The average Bonchev–Trinajstić information content (AvgIpc) is 2.69. The van der Waals surface area contributed by atoms with Crippen molar-refractivity contribution in [1.82, 2.24) is 0 Å². The molecule has 2 aliphatic carbocycles. The van der Waals surface area contributed by atoms with Crippen LogP contribution in [-0.4, -0.2) is 12.6 Å². The van der Waals surface area contributed by atoms with Crippen LogP contribution in [-0.2, 0) is 9.53 Å². The molecule has 72 valence electrons. The first-order valence-electron chi connectivity index (χ1n) is 5.39. The highest BCUT2D eigenvalue weighted by molar-refractivity contribution is 5.79. The molecule has 1 spiro atoms. The predicted octanol–water partition coefficient (Wildman–Crippen LogP) is 1.99. The van der Waals surface area contributed by atoms with E-state index in [-0.39, 0.29) is 11.4 Å². The second-order valence-electron chi connectivity index (χ2n) is 5.17. The van der Waals surface area contributed by atoms with E-state index in [1.807, 2.05) is 0 Å². The molecule has 0 aromatic carbocycles. The van der Waals surface area contributed by atoms with Crippen molar-refractivity contribution in [2.45, 2.75) is 32.6 Å². The zero-order valence-corrected chi connectivity index (χ0v) is 8.08. The second-order valence-corrected chi connectivity index (χ2v) is 5.17. The van der Waals surface area contributed by atoms with Gasteiger partial charge in [0, 0.05) is 0 Å². The third-order valence-electron chi connectivity index (χ3n) is 4.53. The number of esters is 1. The minimum atomic E-state index is -0.0255. The number of rotatable bonds is 0. The highest BCUT2D eigenvalue weighted by Crippen LogP contribution is 2.61. The number of carbonyl (C=O) groups is 1. The average molecular weight is 180 g/mol. The van der Waals surface area contributed by atoms with Crippen molar-refractivity contribution in [2.24, 2.45) is 23.2 Å². The van der Waals surface area contributed by atoms with Gasteiger partial charge in [-0.05, 0) is 43.4 Å². The lowest BCUT2D eigenvalue weighted by Gasteiger charge is -2.33. The highest BCUT2D eigenvalue weighted by Gasteiger charge is 2.60. The number of ether oxygens (including phenoxy) is 1. The summed E-state index contributed by atoms with van der Waals surface area (Å²) in [6.07, 6.45) is 4.76. The van der Waals surface area contributed by atoms with Crippen molar-refractivity contribution >= 4 is 5.97 Å². The van der Waals surface area contributed by atoms with E-state index in [4.69, 9.17) is 4.74 Å². The molecule has 1 heterocycles. The summed E-state index contributed by atoms with van der Waals surface area (Å²) in [7, 11) is 0. The Labute approximate surface area is 78.6 Å². The predicted molar refractivity (Wildman–Crippen MR) is 48.0 cm³/mol. The van der Waals surface area contributed by atoms with Gasteiger partial charge in [-0.1, -0.05) is 6.92 Å². The van der Waals surface area contributed by atoms with Crippen LogP contribution in [0.4, 0.5) is 0 Å². The second kappa shape index (κ2) is 2.28. The summed E-state index contributed by atoms with van der Waals surface area (Å²) in [5.74, 6) is 2.34. The first-order chi connectivity index (χ1) is 6.22. The van der Waals surface area contributed by atoms with E-state index in [1.54, 1.807) is 0 Å². The first kappa shape index (κ1) is 7.84. The van der Waals surface area contributed by atoms with E-state index in [2.05, 4.69) is 6.92 Å². The molecular formula is C11H16O2. The quantitative estimate of drug-likeness (QED) is 0.533. The Hall–Kier alpha value is -0.530. The van der Waals surface area contributed by atoms with Crippen molar-refractivity contribution in [3.05, 3.63) is 0 Å². The van der Waals surface area contributed by atoms with Gasteiger partial charge in [0.25, 0.3) is 0 Å². The van der Waals surface area contributed by atoms with E-state index in [0.29, 0.717) is 12.5 Å². The third-order valence-corrected chi connectivity index (χ3v) is 4.53. The van der Waals surface area contributed by atoms with E-state index in [1.165, 1.54) is 12.8 Å². The van der Waals surface area contributed by atoms with Gasteiger partial charge in [0.1, 0.15) is 0 Å². The Bertz CT molecular complexity index is 261. The molecule has 0 radical (unpaired) electrons. The van der Waals surface area contributed by atoms with Crippen LogP contribution >= 0.6 is 0 Å². The lowest BCUT2D eigenvalue weighted by molar-refractivity contribution is -0.149. The van der Waals surface area contributed by atoms with Crippen molar-refractivity contribution in [3.63, 3.8) is 0 Å². The monoisotopic (exact) mass is 180 g/mol. The Balaban J connectivity index is 1.97. The molecule has 3 aliphatic rings. The van der Waals surface area contributed by atoms with Gasteiger partial charge in [-0.25, -0.2) is 0 Å². The molecule has 1 aliphatic heterocycles. The van der Waals surface area contributed by atoms with Gasteiger partial charge in [-0.2, -0.15) is 0 Å². The molecule has 0 amide bonds. The summed E-state index contributed by atoms with van der Waals surface area (Å²) in [4.78, 5) is 11.7. The maximum Gasteiger partial charge on any atom is 0.312 e. The molecule has 13 heavy (non-hydrogen) atoms. The minimum Gasteiger partial charge on any atom is -0.465 e. The number of hydrogen-bond acceptors (Lipinski definition) is 2. The SMILES string of the molecule is CC1CC2C[C@@H]1C1(CCOC1=O)C2. The normalized spacial score (nSPS) is 53.3. The fourth-order valence-corrected chi connectivity index (χ4v) is 4.07. The number of fused-ring (bicyclic) bond motifs is 3. The Morgan fingerprint density at radius 3 is 2.85 bits per heavy atom. The van der Waals surface area contributed by atoms with Gasteiger partial charge in [0.2, 0.25) is 0 Å². The summed E-state index contributed by atoms with van der Waals surface area (Å²) in [6, 6.07) is 0. The zero-order valence-electron chi connectivity index (χ0n) is 8.08. The summed E-state index contributed by atoms with van der Waals surface area (Å²) in [6.45, 7) is 2.98. The summed E-state index contributed by atoms with van der Waals surface area (Å²) < 4.78 is 5.15. The maximum atomic E-state index is 11.7. The fraction of sp³-hybridized carbons (Fsp3) is 0.909. The van der Waals surface area contributed by atoms with Crippen molar-refractivity contribution in [3.8, 4) is 0 Å². The smallest absolute Gasteiger partial charge is 0.312 e. The maximum absolute atomic E-state index is 11.7. The molecule has 3 rings (SSSR count). The van der Waals surface area contributed by atoms with Gasteiger partial charge in [0.05, 0.1) is 12.0 Å². The van der Waals surface area contributed by atoms with Crippen molar-refractivity contribution in [2.75, 3.05) is 6.61 Å². The molecule has 2 nitrogen and oxygen atoms in total. The molecule has 3 fully saturated rings. The van der Waals surface area contributed by atoms with Crippen LogP contribution < -0.4 is 0 Å². The number of cyclic esters (lactones) is 1. The molecule has 4 atom stereocenters. The van der Waals surface area contributed by atoms with Crippen LogP contribution in [0.25, 0.3) is 0 Å². The molecular weight excluding hydrogens is 164 g/mol. The van der Waals surface area contributed by atoms with E-state index >= 15 is 0 Å². The standard InChI is InChI=1S/C11H16O2/c1-7-4-8-5-9(7)11(6-8)2-3-13-10(11)12/h7-9H,2-6H2,1H3/t7?,8?,9-,11?/m0/s1. The highest BCUT2D eigenvalue weighted by atomic mass is 16.5. The minimum absolute atomic E-state index is 0.0255. The molecule has 2 saturated carbocycles. The third kappa shape index (κ3) is 0.818. The zero-order chi connectivity index (χ0) is 9.05. The Morgan fingerprint density at radius 2 is 2.31 bits per heavy atom. The molecule has 2 bridgehead atoms. The number of carbonyl (C=O) groups excluding carboxylic acids is 1. The van der Waals surface area contributed by atoms with Gasteiger partial charge in [-0.15, -0.1) is 0 Å². The van der Waals surface area contributed by atoms with Crippen LogP contribution in [0.3, 0.4) is 0 Å². The molecule has 1 saturated heterocycles. The Kier molecular flexibility index (Phi) is 1.38. The molecule has 2 heteroatoms. The molecule has 0 N–H and O–H groups in total. The Morgan fingerprint density at radius 1 is 1.46 bits per heavy atom. The van der Waals surface area contributed by atoms with Crippen LogP contribution in [0.15, 0.2) is 0 Å². The molecule has 0 aromatic heterocycles. The van der Waals surface area contributed by atoms with Crippen LogP contribution in [0, 0.1) is 23.2 Å². The van der Waals surface area contributed by atoms with Crippen LogP contribution in [0.5, 0.6) is 0 Å². The fourth-order valence-electron chi connectivity index (χ4n) is 4.07. The first-order valence-corrected chi connectivity index (χ1v) is 5.39. The lowest BCUT2D eigenvalue weighted by Crippen LogP contribution is -2.36. The van der Waals surface area contributed by atoms with Crippen LogP contribution in [0.1, 0.15) is 32.6 Å². The molecule has 0 aromatic rings. The van der Waals surface area contributed by atoms with Gasteiger partial charge >= 0.3 is 5.97 Å². The van der Waals surface area contributed by atoms with E-state index in [9.17, 15) is 4.79 Å². The van der Waals surface area contributed by atoms with Crippen molar-refractivity contribution in [1.29, 1.82) is 0 Å².